The van der Waals surface area contributed by atoms with Gasteiger partial charge in [0, 0.05) is 17.8 Å². The molecule has 0 radical (unpaired) electrons. The van der Waals surface area contributed by atoms with Gasteiger partial charge in [-0.15, -0.1) is 0 Å². The highest BCUT2D eigenvalue weighted by atomic mass is 35.5. The molecule has 0 saturated heterocycles. The zero-order chi connectivity index (χ0) is 14.0. The van der Waals surface area contributed by atoms with Crippen molar-refractivity contribution in [3.8, 4) is 0 Å². The SMILES string of the molecule is CNc1nc(N)c(C(=O)Nc2cc(Cl)ccc2C)s1. The summed E-state index contributed by atoms with van der Waals surface area (Å²) in [5.74, 6) is -0.0756. The van der Waals surface area contributed by atoms with Crippen LogP contribution in [0.15, 0.2) is 18.2 Å². The molecule has 19 heavy (non-hydrogen) atoms. The predicted octanol–water partition coefficient (Wildman–Crippen LogP) is 2.98. The van der Waals surface area contributed by atoms with Crippen LogP contribution in [0.25, 0.3) is 0 Å². The van der Waals surface area contributed by atoms with Crippen LogP contribution in [0, 0.1) is 6.92 Å². The number of anilines is 3. The maximum Gasteiger partial charge on any atom is 0.269 e. The highest BCUT2D eigenvalue weighted by Crippen LogP contribution is 2.27. The summed E-state index contributed by atoms with van der Waals surface area (Å²) in [7, 11) is 1.72. The minimum Gasteiger partial charge on any atom is -0.382 e. The molecule has 100 valence electrons. The van der Waals surface area contributed by atoms with Crippen molar-refractivity contribution in [1.29, 1.82) is 0 Å². The highest BCUT2D eigenvalue weighted by Gasteiger charge is 2.16. The van der Waals surface area contributed by atoms with Gasteiger partial charge in [0.1, 0.15) is 10.7 Å². The maximum absolute atomic E-state index is 12.1. The molecule has 0 unspecified atom stereocenters. The molecule has 0 aliphatic carbocycles. The number of nitrogens with one attached hydrogen (secondary N) is 2. The van der Waals surface area contributed by atoms with E-state index in [-0.39, 0.29) is 11.7 Å². The van der Waals surface area contributed by atoms with Crippen molar-refractivity contribution in [2.45, 2.75) is 6.92 Å². The van der Waals surface area contributed by atoms with E-state index in [0.29, 0.717) is 20.7 Å². The van der Waals surface area contributed by atoms with E-state index in [9.17, 15) is 4.79 Å². The molecule has 0 spiro atoms. The molecule has 0 bridgehead atoms. The summed E-state index contributed by atoms with van der Waals surface area (Å²) in [6.07, 6.45) is 0. The Bertz CT molecular complexity index is 626. The summed E-state index contributed by atoms with van der Waals surface area (Å²) in [4.78, 5) is 16.5. The minimum absolute atomic E-state index is 0.214. The van der Waals surface area contributed by atoms with E-state index in [4.69, 9.17) is 17.3 Å². The van der Waals surface area contributed by atoms with Gasteiger partial charge in [-0.25, -0.2) is 4.98 Å². The smallest absolute Gasteiger partial charge is 0.269 e. The number of hydrogen-bond acceptors (Lipinski definition) is 5. The topological polar surface area (TPSA) is 80.0 Å². The average Bonchev–Trinajstić information content (AvgIpc) is 2.75. The Hall–Kier alpha value is -1.79. The van der Waals surface area contributed by atoms with E-state index in [1.807, 2.05) is 13.0 Å². The number of amides is 1. The number of halogens is 1. The van der Waals surface area contributed by atoms with Crippen LogP contribution in [0.5, 0.6) is 0 Å². The second kappa shape index (κ2) is 5.46. The normalized spacial score (nSPS) is 10.3. The number of thiazole rings is 1. The second-order valence-electron chi connectivity index (χ2n) is 3.90. The van der Waals surface area contributed by atoms with Crippen molar-refractivity contribution >= 4 is 45.5 Å². The van der Waals surface area contributed by atoms with Gasteiger partial charge in [-0.3, -0.25) is 4.79 Å². The van der Waals surface area contributed by atoms with Crippen molar-refractivity contribution < 1.29 is 4.79 Å². The molecule has 1 aromatic heterocycles. The van der Waals surface area contributed by atoms with E-state index in [1.165, 1.54) is 11.3 Å². The second-order valence-corrected chi connectivity index (χ2v) is 5.33. The third-order valence-electron chi connectivity index (χ3n) is 2.52. The first kappa shape index (κ1) is 13.6. The van der Waals surface area contributed by atoms with Crippen LogP contribution in [-0.4, -0.2) is 17.9 Å². The Balaban J connectivity index is 2.25. The van der Waals surface area contributed by atoms with Gasteiger partial charge in [0.15, 0.2) is 5.13 Å². The minimum atomic E-state index is -0.290. The van der Waals surface area contributed by atoms with Gasteiger partial charge in [-0.05, 0) is 24.6 Å². The van der Waals surface area contributed by atoms with E-state index in [2.05, 4.69) is 15.6 Å². The van der Waals surface area contributed by atoms with Crippen molar-refractivity contribution in [3.63, 3.8) is 0 Å². The lowest BCUT2D eigenvalue weighted by Gasteiger charge is -2.07. The number of aryl methyl sites for hydroxylation is 1. The largest absolute Gasteiger partial charge is 0.382 e. The summed E-state index contributed by atoms with van der Waals surface area (Å²) >= 11 is 7.11. The van der Waals surface area contributed by atoms with Crippen LogP contribution in [-0.2, 0) is 0 Å². The van der Waals surface area contributed by atoms with Crippen LogP contribution in [0.4, 0.5) is 16.6 Å². The molecule has 0 saturated carbocycles. The Morgan fingerprint density at radius 2 is 2.21 bits per heavy atom. The Morgan fingerprint density at radius 3 is 2.84 bits per heavy atom. The first-order chi connectivity index (χ1) is 9.01. The molecule has 0 aliphatic rings. The van der Waals surface area contributed by atoms with Gasteiger partial charge in [0.25, 0.3) is 5.91 Å². The van der Waals surface area contributed by atoms with E-state index in [0.717, 1.165) is 5.56 Å². The quantitative estimate of drug-likeness (QED) is 0.813. The third-order valence-corrected chi connectivity index (χ3v) is 3.84. The zero-order valence-corrected chi connectivity index (χ0v) is 12.0. The summed E-state index contributed by atoms with van der Waals surface area (Å²) in [5, 5.41) is 6.80. The molecule has 5 nitrogen and oxygen atoms in total. The molecular weight excluding hydrogens is 284 g/mol. The number of nitrogens with two attached hydrogens (primary N) is 1. The molecule has 0 atom stereocenters. The summed E-state index contributed by atoms with van der Waals surface area (Å²) in [6.45, 7) is 1.89. The fourth-order valence-electron chi connectivity index (χ4n) is 1.51. The monoisotopic (exact) mass is 296 g/mol. The molecule has 1 amide bonds. The van der Waals surface area contributed by atoms with Gasteiger partial charge in [0.05, 0.1) is 0 Å². The van der Waals surface area contributed by atoms with Crippen LogP contribution in [0.2, 0.25) is 5.02 Å². The van der Waals surface area contributed by atoms with Gasteiger partial charge < -0.3 is 16.4 Å². The number of rotatable bonds is 3. The molecule has 0 fully saturated rings. The van der Waals surface area contributed by atoms with Crippen molar-refractivity contribution in [1.82, 2.24) is 4.98 Å². The standard InChI is InChI=1S/C12H13ClN4OS/c1-6-3-4-7(13)5-8(6)16-11(18)9-10(14)17-12(15-2)19-9/h3-5H,14H2,1-2H3,(H,15,17)(H,16,18). The fourth-order valence-corrected chi connectivity index (χ4v) is 2.41. The maximum atomic E-state index is 12.1. The third kappa shape index (κ3) is 2.97. The van der Waals surface area contributed by atoms with Gasteiger partial charge in [0.2, 0.25) is 0 Å². The van der Waals surface area contributed by atoms with Gasteiger partial charge in [-0.2, -0.15) is 0 Å². The number of hydrogen-bond donors (Lipinski definition) is 3. The lowest BCUT2D eigenvalue weighted by atomic mass is 10.2. The summed E-state index contributed by atoms with van der Waals surface area (Å²) in [5.41, 5.74) is 7.30. The molecular formula is C12H13ClN4OS. The number of carbonyl (C=O) groups is 1. The van der Waals surface area contributed by atoms with Crippen molar-refractivity contribution in [2.75, 3.05) is 23.4 Å². The number of nitrogen functional groups attached to an aromatic ring is 1. The van der Waals surface area contributed by atoms with Crippen molar-refractivity contribution in [3.05, 3.63) is 33.7 Å². The van der Waals surface area contributed by atoms with E-state index >= 15 is 0 Å². The summed E-state index contributed by atoms with van der Waals surface area (Å²) in [6, 6.07) is 5.31. The molecule has 2 aromatic rings. The average molecular weight is 297 g/mol. The Morgan fingerprint density at radius 1 is 1.47 bits per heavy atom. The van der Waals surface area contributed by atoms with Gasteiger partial charge in [-0.1, -0.05) is 29.0 Å². The number of nitrogens with zero attached hydrogens (tertiary/aromatic N) is 1. The fraction of sp³-hybridized carbons (Fsp3) is 0.167. The van der Waals surface area contributed by atoms with E-state index in [1.54, 1.807) is 19.2 Å². The van der Waals surface area contributed by atoms with Crippen LogP contribution in [0.3, 0.4) is 0 Å². The number of benzene rings is 1. The summed E-state index contributed by atoms with van der Waals surface area (Å²) < 4.78 is 0. The lowest BCUT2D eigenvalue weighted by Crippen LogP contribution is -2.13. The predicted molar refractivity (Wildman–Crippen MR) is 80.2 cm³/mol. The first-order valence-corrected chi connectivity index (χ1v) is 6.72. The van der Waals surface area contributed by atoms with Crippen LogP contribution < -0.4 is 16.4 Å². The first-order valence-electron chi connectivity index (χ1n) is 5.53. The van der Waals surface area contributed by atoms with Crippen LogP contribution in [0.1, 0.15) is 15.2 Å². The molecule has 1 heterocycles. The van der Waals surface area contributed by atoms with Gasteiger partial charge >= 0.3 is 0 Å². The van der Waals surface area contributed by atoms with Crippen LogP contribution >= 0.6 is 22.9 Å². The van der Waals surface area contributed by atoms with E-state index < -0.39 is 0 Å². The zero-order valence-electron chi connectivity index (χ0n) is 10.5. The molecule has 7 heteroatoms. The molecule has 2 rings (SSSR count). The Kier molecular flexibility index (Phi) is 3.92. The number of aromatic nitrogens is 1. The number of carbonyl (C=O) groups excluding carboxylic acids is 1. The Labute approximate surface area is 119 Å². The molecule has 1 aromatic carbocycles. The highest BCUT2D eigenvalue weighted by molar-refractivity contribution is 7.18. The molecule has 0 aliphatic heterocycles. The van der Waals surface area contributed by atoms with Crippen molar-refractivity contribution in [2.24, 2.45) is 0 Å². The lowest BCUT2D eigenvalue weighted by molar-refractivity contribution is 0.103. The molecule has 4 N–H and O–H groups in total.